The average Bonchev–Trinajstić information content (AvgIpc) is 2.56. The summed E-state index contributed by atoms with van der Waals surface area (Å²) in [5.41, 5.74) is 1.86. The summed E-state index contributed by atoms with van der Waals surface area (Å²) >= 11 is 0. The van der Waals surface area contributed by atoms with Crippen LogP contribution < -0.4 is 4.72 Å². The number of nitriles is 1. The first-order chi connectivity index (χ1) is 12.2. The highest BCUT2D eigenvalue weighted by molar-refractivity contribution is 7.93. The number of likely N-dealkylation sites (tertiary alicyclic amines) is 1. The number of rotatable bonds is 7. The molecule has 1 aliphatic rings. The van der Waals surface area contributed by atoms with E-state index in [2.05, 4.69) is 29.5 Å². The van der Waals surface area contributed by atoms with Crippen molar-refractivity contribution in [2.45, 2.75) is 58.8 Å². The number of hydrogen-bond acceptors (Lipinski definition) is 4. The quantitative estimate of drug-likeness (QED) is 0.780. The SMILES string of the molecule is CC(C)C1(CC#N)CCN(Cc2cccc(NS(=O)(=O)C(C)C)c2)CC1. The molecule has 5 nitrogen and oxygen atoms in total. The zero-order chi connectivity index (χ0) is 19.4. The van der Waals surface area contributed by atoms with E-state index in [0.29, 0.717) is 18.0 Å². The van der Waals surface area contributed by atoms with Crippen molar-refractivity contribution in [1.29, 1.82) is 5.26 Å². The maximum absolute atomic E-state index is 12.1. The fourth-order valence-electron chi connectivity index (χ4n) is 3.55. The first-order valence-corrected chi connectivity index (χ1v) is 10.9. The lowest BCUT2D eigenvalue weighted by atomic mass is 9.68. The molecule has 1 N–H and O–H groups in total. The van der Waals surface area contributed by atoms with Crippen molar-refractivity contribution in [2.75, 3.05) is 17.8 Å². The van der Waals surface area contributed by atoms with Gasteiger partial charge < -0.3 is 0 Å². The molecule has 1 saturated heterocycles. The predicted molar refractivity (Wildman–Crippen MR) is 106 cm³/mol. The summed E-state index contributed by atoms with van der Waals surface area (Å²) in [6.07, 6.45) is 2.71. The Morgan fingerprint density at radius 1 is 1.23 bits per heavy atom. The van der Waals surface area contributed by atoms with Crippen LogP contribution in [0, 0.1) is 22.7 Å². The zero-order valence-electron chi connectivity index (χ0n) is 16.3. The summed E-state index contributed by atoms with van der Waals surface area (Å²) in [7, 11) is -3.33. The molecule has 1 aromatic carbocycles. The fourth-order valence-corrected chi connectivity index (χ4v) is 4.24. The first kappa shape index (κ1) is 20.7. The van der Waals surface area contributed by atoms with Gasteiger partial charge in [-0.3, -0.25) is 9.62 Å². The molecule has 0 amide bonds. The van der Waals surface area contributed by atoms with Crippen LogP contribution in [0.4, 0.5) is 5.69 Å². The molecule has 0 atom stereocenters. The standard InChI is InChI=1S/C20H31N3O2S/c1-16(2)20(8-11-21)9-12-23(13-10-20)15-18-6-5-7-19(14-18)22-26(24,25)17(3)4/h5-7,14,16-17,22H,8-10,12-13,15H2,1-4H3. The maximum Gasteiger partial charge on any atom is 0.235 e. The van der Waals surface area contributed by atoms with Crippen molar-refractivity contribution >= 4 is 15.7 Å². The van der Waals surface area contributed by atoms with Crippen LogP contribution in [-0.2, 0) is 16.6 Å². The Hall–Kier alpha value is -1.58. The Morgan fingerprint density at radius 2 is 1.88 bits per heavy atom. The van der Waals surface area contributed by atoms with Crippen molar-refractivity contribution in [3.63, 3.8) is 0 Å². The minimum absolute atomic E-state index is 0.139. The lowest BCUT2D eigenvalue weighted by molar-refractivity contribution is 0.0617. The zero-order valence-corrected chi connectivity index (χ0v) is 17.1. The van der Waals surface area contributed by atoms with E-state index in [1.165, 1.54) is 0 Å². The van der Waals surface area contributed by atoms with Gasteiger partial charge >= 0.3 is 0 Å². The highest BCUT2D eigenvalue weighted by Crippen LogP contribution is 2.41. The molecule has 2 rings (SSSR count). The van der Waals surface area contributed by atoms with Gasteiger partial charge in [-0.2, -0.15) is 5.26 Å². The topological polar surface area (TPSA) is 73.2 Å². The van der Waals surface area contributed by atoms with Crippen LogP contribution >= 0.6 is 0 Å². The molecule has 6 heteroatoms. The summed E-state index contributed by atoms with van der Waals surface area (Å²) in [4.78, 5) is 2.40. The maximum atomic E-state index is 12.1. The molecular formula is C20H31N3O2S. The summed E-state index contributed by atoms with van der Waals surface area (Å²) in [5, 5.41) is 8.72. The number of benzene rings is 1. The van der Waals surface area contributed by atoms with Crippen LogP contribution in [0.15, 0.2) is 24.3 Å². The van der Waals surface area contributed by atoms with Crippen LogP contribution in [0.5, 0.6) is 0 Å². The van der Waals surface area contributed by atoms with E-state index in [9.17, 15) is 13.7 Å². The minimum Gasteiger partial charge on any atom is -0.299 e. The van der Waals surface area contributed by atoms with Crippen molar-refractivity contribution in [3.8, 4) is 6.07 Å². The smallest absolute Gasteiger partial charge is 0.235 e. The van der Waals surface area contributed by atoms with Gasteiger partial charge in [-0.05, 0) is 68.8 Å². The molecule has 0 saturated carbocycles. The third-order valence-corrected chi connectivity index (χ3v) is 7.48. The van der Waals surface area contributed by atoms with E-state index < -0.39 is 15.3 Å². The van der Waals surface area contributed by atoms with Crippen LogP contribution in [0.25, 0.3) is 0 Å². The molecule has 0 unspecified atom stereocenters. The second-order valence-corrected chi connectivity index (χ2v) is 10.3. The van der Waals surface area contributed by atoms with Crippen molar-refractivity contribution < 1.29 is 8.42 Å². The Morgan fingerprint density at radius 3 is 2.42 bits per heavy atom. The predicted octanol–water partition coefficient (Wildman–Crippen LogP) is 3.99. The molecule has 26 heavy (non-hydrogen) atoms. The second kappa shape index (κ2) is 8.41. The van der Waals surface area contributed by atoms with E-state index in [1.807, 2.05) is 18.2 Å². The molecule has 1 fully saturated rings. The van der Waals surface area contributed by atoms with Gasteiger partial charge in [0.2, 0.25) is 10.0 Å². The van der Waals surface area contributed by atoms with E-state index >= 15 is 0 Å². The van der Waals surface area contributed by atoms with Gasteiger partial charge in [0, 0.05) is 18.7 Å². The highest BCUT2D eigenvalue weighted by Gasteiger charge is 2.37. The van der Waals surface area contributed by atoms with Gasteiger partial charge in [0.1, 0.15) is 0 Å². The number of sulfonamides is 1. The Labute approximate surface area is 158 Å². The summed E-state index contributed by atoms with van der Waals surface area (Å²) < 4.78 is 26.8. The normalized spacial score (nSPS) is 18.0. The lowest BCUT2D eigenvalue weighted by Gasteiger charge is -2.43. The number of nitrogens with one attached hydrogen (secondary N) is 1. The molecule has 0 bridgehead atoms. The number of nitrogens with zero attached hydrogens (tertiary/aromatic N) is 2. The molecule has 1 aliphatic heterocycles. The number of piperidine rings is 1. The Kier molecular flexibility index (Phi) is 6.70. The average molecular weight is 378 g/mol. The van der Waals surface area contributed by atoms with Crippen molar-refractivity contribution in [1.82, 2.24) is 4.90 Å². The van der Waals surface area contributed by atoms with Crippen molar-refractivity contribution in [3.05, 3.63) is 29.8 Å². The van der Waals surface area contributed by atoms with E-state index in [-0.39, 0.29) is 5.41 Å². The van der Waals surface area contributed by atoms with Crippen LogP contribution in [-0.4, -0.2) is 31.7 Å². The van der Waals surface area contributed by atoms with Gasteiger partial charge in [0.25, 0.3) is 0 Å². The minimum atomic E-state index is -3.33. The third kappa shape index (κ3) is 4.99. The van der Waals surface area contributed by atoms with Gasteiger partial charge in [-0.15, -0.1) is 0 Å². The fraction of sp³-hybridized carbons (Fsp3) is 0.650. The molecule has 1 heterocycles. The third-order valence-electron chi connectivity index (χ3n) is 5.72. The van der Waals surface area contributed by atoms with Gasteiger partial charge in [-0.1, -0.05) is 26.0 Å². The summed E-state index contributed by atoms with van der Waals surface area (Å²) in [6, 6.07) is 10.0. The van der Waals surface area contributed by atoms with E-state index in [1.54, 1.807) is 19.9 Å². The molecule has 0 radical (unpaired) electrons. The van der Waals surface area contributed by atoms with Crippen molar-refractivity contribution in [2.24, 2.45) is 11.3 Å². The molecule has 0 aromatic heterocycles. The number of hydrogen-bond donors (Lipinski definition) is 1. The van der Waals surface area contributed by atoms with Gasteiger partial charge in [-0.25, -0.2) is 8.42 Å². The van der Waals surface area contributed by atoms with Crippen LogP contribution in [0.2, 0.25) is 0 Å². The molecule has 0 spiro atoms. The molecule has 0 aliphatic carbocycles. The monoisotopic (exact) mass is 377 g/mol. The Balaban J connectivity index is 2.01. The highest BCUT2D eigenvalue weighted by atomic mass is 32.2. The Bertz CT molecular complexity index is 743. The van der Waals surface area contributed by atoms with Gasteiger partial charge in [0.15, 0.2) is 0 Å². The number of anilines is 1. The largest absolute Gasteiger partial charge is 0.299 e. The first-order valence-electron chi connectivity index (χ1n) is 9.38. The molecule has 144 valence electrons. The van der Waals surface area contributed by atoms with Crippen LogP contribution in [0.1, 0.15) is 52.5 Å². The second-order valence-electron chi connectivity index (χ2n) is 8.02. The molecule has 1 aromatic rings. The summed E-state index contributed by atoms with van der Waals surface area (Å²) in [5.74, 6) is 0.512. The van der Waals surface area contributed by atoms with Gasteiger partial charge in [0.05, 0.1) is 11.3 Å². The summed E-state index contributed by atoms with van der Waals surface area (Å²) in [6.45, 7) is 10.5. The lowest BCUT2D eigenvalue weighted by Crippen LogP contribution is -2.42. The van der Waals surface area contributed by atoms with E-state index in [0.717, 1.165) is 38.0 Å². The van der Waals surface area contributed by atoms with Crippen LogP contribution in [0.3, 0.4) is 0 Å². The van der Waals surface area contributed by atoms with E-state index in [4.69, 9.17) is 0 Å². The molecular weight excluding hydrogens is 346 g/mol.